The Bertz CT molecular complexity index is 665. The summed E-state index contributed by atoms with van der Waals surface area (Å²) >= 11 is 11.8. The monoisotopic (exact) mass is 311 g/mol. The van der Waals surface area contributed by atoms with E-state index in [1.54, 1.807) is 16.8 Å². The molecule has 2 rings (SSSR count). The fourth-order valence-electron chi connectivity index (χ4n) is 2.02. The predicted molar refractivity (Wildman–Crippen MR) is 80.3 cm³/mol. The minimum absolute atomic E-state index is 0.140. The van der Waals surface area contributed by atoms with E-state index in [2.05, 4.69) is 10.4 Å². The van der Waals surface area contributed by atoms with Crippen molar-refractivity contribution in [2.75, 3.05) is 0 Å². The maximum atomic E-state index is 12.2. The normalized spacial score (nSPS) is 10.7. The van der Waals surface area contributed by atoms with Crippen molar-refractivity contribution in [2.45, 2.75) is 20.4 Å². The summed E-state index contributed by atoms with van der Waals surface area (Å²) in [4.78, 5) is 12.2. The summed E-state index contributed by atoms with van der Waals surface area (Å²) in [6, 6.07) is 5.29. The molecule has 0 saturated heterocycles. The number of benzene rings is 1. The van der Waals surface area contributed by atoms with Gasteiger partial charge < -0.3 is 5.32 Å². The van der Waals surface area contributed by atoms with Gasteiger partial charge in [0.05, 0.1) is 21.3 Å². The van der Waals surface area contributed by atoms with Gasteiger partial charge in [-0.25, -0.2) is 0 Å². The first-order chi connectivity index (χ1) is 9.40. The lowest BCUT2D eigenvalue weighted by atomic mass is 10.1. The third-order valence-corrected chi connectivity index (χ3v) is 3.91. The molecule has 1 aromatic carbocycles. The molecule has 0 fully saturated rings. The van der Waals surface area contributed by atoms with Crippen LogP contribution in [0.5, 0.6) is 0 Å². The van der Waals surface area contributed by atoms with Crippen molar-refractivity contribution in [3.8, 4) is 0 Å². The molecule has 4 nitrogen and oxygen atoms in total. The lowest BCUT2D eigenvalue weighted by molar-refractivity contribution is 0.0949. The molecular weight excluding hydrogens is 297 g/mol. The molecule has 1 heterocycles. The van der Waals surface area contributed by atoms with Crippen LogP contribution in [0.1, 0.15) is 27.3 Å². The quantitative estimate of drug-likeness (QED) is 0.945. The highest BCUT2D eigenvalue weighted by atomic mass is 35.5. The lowest BCUT2D eigenvalue weighted by Gasteiger charge is -2.07. The number of amides is 1. The molecule has 2 aromatic rings. The maximum Gasteiger partial charge on any atom is 0.255 e. The van der Waals surface area contributed by atoms with Gasteiger partial charge >= 0.3 is 0 Å². The van der Waals surface area contributed by atoms with Crippen molar-refractivity contribution in [2.24, 2.45) is 7.05 Å². The number of aromatic nitrogens is 2. The first kappa shape index (κ1) is 14.9. The summed E-state index contributed by atoms with van der Waals surface area (Å²) in [7, 11) is 1.82. The molecular formula is C14H15Cl2N3O. The van der Waals surface area contributed by atoms with E-state index in [0.29, 0.717) is 22.2 Å². The average Bonchev–Trinajstić information content (AvgIpc) is 2.64. The van der Waals surface area contributed by atoms with Crippen LogP contribution in [0.4, 0.5) is 0 Å². The molecule has 0 aliphatic heterocycles. The SMILES string of the molecule is Cc1nn(C)c(C)c1C(=O)NCc1ccc(Cl)c(Cl)c1. The molecule has 106 valence electrons. The lowest BCUT2D eigenvalue weighted by Crippen LogP contribution is -2.24. The van der Waals surface area contributed by atoms with Crippen molar-refractivity contribution in [3.05, 3.63) is 50.8 Å². The van der Waals surface area contributed by atoms with E-state index in [-0.39, 0.29) is 5.91 Å². The van der Waals surface area contributed by atoms with Crippen molar-refractivity contribution in [3.63, 3.8) is 0 Å². The molecule has 1 N–H and O–H groups in total. The first-order valence-corrected chi connectivity index (χ1v) is 6.88. The van der Waals surface area contributed by atoms with Crippen LogP contribution in [-0.4, -0.2) is 15.7 Å². The largest absolute Gasteiger partial charge is 0.348 e. The summed E-state index contributed by atoms with van der Waals surface area (Å²) in [6.07, 6.45) is 0. The molecule has 0 atom stereocenters. The molecule has 20 heavy (non-hydrogen) atoms. The van der Waals surface area contributed by atoms with Gasteiger partial charge in [0, 0.05) is 19.3 Å². The van der Waals surface area contributed by atoms with Crippen LogP contribution in [0.25, 0.3) is 0 Å². The fraction of sp³-hybridized carbons (Fsp3) is 0.286. The number of aryl methyl sites for hydroxylation is 2. The zero-order valence-corrected chi connectivity index (χ0v) is 13.0. The summed E-state index contributed by atoms with van der Waals surface area (Å²) in [5, 5.41) is 8.07. The maximum absolute atomic E-state index is 12.2. The first-order valence-electron chi connectivity index (χ1n) is 6.12. The number of halogens is 2. The van der Waals surface area contributed by atoms with Gasteiger partial charge in [0.25, 0.3) is 5.91 Å². The predicted octanol–water partition coefficient (Wildman–Crippen LogP) is 3.27. The molecule has 0 saturated carbocycles. The molecule has 0 unspecified atom stereocenters. The third-order valence-electron chi connectivity index (χ3n) is 3.17. The van der Waals surface area contributed by atoms with E-state index in [1.807, 2.05) is 27.0 Å². The van der Waals surface area contributed by atoms with Crippen LogP contribution in [0.2, 0.25) is 10.0 Å². The number of hydrogen-bond donors (Lipinski definition) is 1. The van der Waals surface area contributed by atoms with E-state index >= 15 is 0 Å². The zero-order valence-electron chi connectivity index (χ0n) is 11.5. The van der Waals surface area contributed by atoms with E-state index < -0.39 is 0 Å². The Morgan fingerprint density at radius 2 is 2.00 bits per heavy atom. The Balaban J connectivity index is 2.10. The number of rotatable bonds is 3. The van der Waals surface area contributed by atoms with Crippen molar-refractivity contribution >= 4 is 29.1 Å². The highest BCUT2D eigenvalue weighted by Crippen LogP contribution is 2.22. The zero-order chi connectivity index (χ0) is 14.9. The van der Waals surface area contributed by atoms with Crippen molar-refractivity contribution in [1.82, 2.24) is 15.1 Å². The highest BCUT2D eigenvalue weighted by Gasteiger charge is 2.16. The second-order valence-corrected chi connectivity index (χ2v) is 5.41. The van der Waals surface area contributed by atoms with Crippen LogP contribution < -0.4 is 5.32 Å². The van der Waals surface area contributed by atoms with Gasteiger partial charge in [-0.05, 0) is 31.5 Å². The highest BCUT2D eigenvalue weighted by molar-refractivity contribution is 6.42. The molecule has 0 bridgehead atoms. The van der Waals surface area contributed by atoms with Crippen molar-refractivity contribution in [1.29, 1.82) is 0 Å². The number of nitrogens with one attached hydrogen (secondary N) is 1. The molecule has 6 heteroatoms. The van der Waals surface area contributed by atoms with Crippen LogP contribution in [0, 0.1) is 13.8 Å². The molecule has 0 aliphatic carbocycles. The van der Waals surface area contributed by atoms with Crippen LogP contribution >= 0.6 is 23.2 Å². The van der Waals surface area contributed by atoms with Gasteiger partial charge in [-0.1, -0.05) is 29.3 Å². The van der Waals surface area contributed by atoms with Gasteiger partial charge in [0.2, 0.25) is 0 Å². The van der Waals surface area contributed by atoms with E-state index in [0.717, 1.165) is 17.0 Å². The Morgan fingerprint density at radius 1 is 1.30 bits per heavy atom. The topological polar surface area (TPSA) is 46.9 Å². The van der Waals surface area contributed by atoms with Gasteiger partial charge in [-0.15, -0.1) is 0 Å². The number of carbonyl (C=O) groups is 1. The molecule has 0 spiro atoms. The number of carbonyl (C=O) groups excluding carboxylic acids is 1. The standard InChI is InChI=1S/C14H15Cl2N3O/c1-8-13(9(2)19(3)18-8)14(20)17-7-10-4-5-11(15)12(16)6-10/h4-6H,7H2,1-3H3,(H,17,20). The summed E-state index contributed by atoms with van der Waals surface area (Å²) in [5.41, 5.74) is 3.07. The average molecular weight is 312 g/mol. The molecule has 1 aromatic heterocycles. The molecule has 0 radical (unpaired) electrons. The number of nitrogens with zero attached hydrogens (tertiary/aromatic N) is 2. The van der Waals surface area contributed by atoms with Gasteiger partial charge in [-0.3, -0.25) is 9.48 Å². The van der Waals surface area contributed by atoms with E-state index in [9.17, 15) is 4.79 Å². The van der Waals surface area contributed by atoms with Gasteiger partial charge in [-0.2, -0.15) is 5.10 Å². The Labute approximate surface area is 127 Å². The Hall–Kier alpha value is -1.52. The Morgan fingerprint density at radius 3 is 2.55 bits per heavy atom. The second-order valence-electron chi connectivity index (χ2n) is 4.60. The fourth-order valence-corrected chi connectivity index (χ4v) is 2.34. The second kappa shape index (κ2) is 5.85. The number of hydrogen-bond acceptors (Lipinski definition) is 2. The van der Waals surface area contributed by atoms with Crippen LogP contribution in [-0.2, 0) is 13.6 Å². The third kappa shape index (κ3) is 2.97. The van der Waals surface area contributed by atoms with Crippen LogP contribution in [0.3, 0.4) is 0 Å². The minimum atomic E-state index is -0.140. The summed E-state index contributed by atoms with van der Waals surface area (Å²) < 4.78 is 1.70. The molecule has 0 aliphatic rings. The smallest absolute Gasteiger partial charge is 0.255 e. The van der Waals surface area contributed by atoms with E-state index in [4.69, 9.17) is 23.2 Å². The summed E-state index contributed by atoms with van der Waals surface area (Å²) in [6.45, 7) is 4.08. The van der Waals surface area contributed by atoms with Crippen molar-refractivity contribution < 1.29 is 4.79 Å². The van der Waals surface area contributed by atoms with Gasteiger partial charge in [0.1, 0.15) is 0 Å². The Kier molecular flexibility index (Phi) is 4.35. The van der Waals surface area contributed by atoms with Crippen LogP contribution in [0.15, 0.2) is 18.2 Å². The minimum Gasteiger partial charge on any atom is -0.348 e. The van der Waals surface area contributed by atoms with E-state index in [1.165, 1.54) is 0 Å². The summed E-state index contributed by atoms with van der Waals surface area (Å²) in [5.74, 6) is -0.140. The van der Waals surface area contributed by atoms with Gasteiger partial charge in [0.15, 0.2) is 0 Å². The molecule has 1 amide bonds.